The van der Waals surface area contributed by atoms with Gasteiger partial charge in [0.15, 0.2) is 0 Å². The molecule has 1 saturated heterocycles. The molecular weight excluding hydrogens is 314 g/mol. The van der Waals surface area contributed by atoms with Gasteiger partial charge in [-0.15, -0.1) is 0 Å². The summed E-state index contributed by atoms with van der Waals surface area (Å²) in [6.45, 7) is 5.30. The third kappa shape index (κ3) is 4.06. The Kier molecular flexibility index (Phi) is 6.06. The number of ether oxygens (including phenoxy) is 1. The Hall–Kier alpha value is -0.380. The number of nitrogens with one attached hydrogen (secondary N) is 1. The van der Waals surface area contributed by atoms with Crippen molar-refractivity contribution in [2.24, 2.45) is 0 Å². The van der Waals surface area contributed by atoms with Gasteiger partial charge in [0, 0.05) is 17.1 Å². The Morgan fingerprint density at radius 3 is 2.75 bits per heavy atom. The summed E-state index contributed by atoms with van der Waals surface area (Å²) in [5, 5.41) is 3.47. The minimum Gasteiger partial charge on any atom is -0.378 e. The van der Waals surface area contributed by atoms with Gasteiger partial charge in [-0.25, -0.2) is 0 Å². The van der Waals surface area contributed by atoms with Crippen LogP contribution in [0.15, 0.2) is 16.6 Å². The Bertz CT molecular complexity index is 441. The molecule has 3 heteroatoms. The molecule has 2 nitrogen and oxygen atoms in total. The highest BCUT2D eigenvalue weighted by Gasteiger charge is 2.18. The third-order valence-electron chi connectivity index (χ3n) is 4.32. The molecule has 1 aliphatic heterocycles. The number of benzene rings is 1. The number of hydrogen-bond acceptors (Lipinski definition) is 2. The SMILES string of the molecule is CNC(CCC1CCCCO1)c1cc(C)c(Br)cc1C. The summed E-state index contributed by atoms with van der Waals surface area (Å²) < 4.78 is 7.04. The molecule has 20 heavy (non-hydrogen) atoms. The highest BCUT2D eigenvalue weighted by molar-refractivity contribution is 9.10. The molecule has 0 radical (unpaired) electrons. The van der Waals surface area contributed by atoms with Crippen LogP contribution in [0.25, 0.3) is 0 Å². The average Bonchev–Trinajstić information content (AvgIpc) is 2.46. The van der Waals surface area contributed by atoms with Gasteiger partial charge in [0.1, 0.15) is 0 Å². The van der Waals surface area contributed by atoms with Crippen LogP contribution in [0.1, 0.15) is 54.8 Å². The van der Waals surface area contributed by atoms with Crippen molar-refractivity contribution in [3.63, 3.8) is 0 Å². The molecule has 1 heterocycles. The molecule has 1 aliphatic rings. The number of halogens is 1. The fourth-order valence-corrected chi connectivity index (χ4v) is 3.48. The third-order valence-corrected chi connectivity index (χ3v) is 5.18. The van der Waals surface area contributed by atoms with Crippen molar-refractivity contribution in [2.75, 3.05) is 13.7 Å². The van der Waals surface area contributed by atoms with Crippen LogP contribution in [0.3, 0.4) is 0 Å². The van der Waals surface area contributed by atoms with E-state index in [0.29, 0.717) is 12.1 Å². The van der Waals surface area contributed by atoms with E-state index in [9.17, 15) is 0 Å². The maximum atomic E-state index is 5.85. The van der Waals surface area contributed by atoms with Gasteiger partial charge >= 0.3 is 0 Å². The minimum absolute atomic E-state index is 0.423. The Morgan fingerprint density at radius 2 is 2.10 bits per heavy atom. The van der Waals surface area contributed by atoms with Crippen LogP contribution in [0.5, 0.6) is 0 Å². The molecule has 0 saturated carbocycles. The molecule has 0 aromatic heterocycles. The first-order chi connectivity index (χ1) is 9.61. The number of aryl methyl sites for hydroxylation is 2. The summed E-state index contributed by atoms with van der Waals surface area (Å²) in [7, 11) is 2.06. The van der Waals surface area contributed by atoms with Crippen molar-refractivity contribution in [3.8, 4) is 0 Å². The summed E-state index contributed by atoms with van der Waals surface area (Å²) in [6, 6.07) is 4.96. The van der Waals surface area contributed by atoms with Gasteiger partial charge < -0.3 is 10.1 Å². The van der Waals surface area contributed by atoms with Gasteiger partial charge in [-0.2, -0.15) is 0 Å². The standard InChI is InChI=1S/C17H26BrNO/c1-12-11-16(18)13(2)10-15(12)17(19-3)8-7-14-6-4-5-9-20-14/h10-11,14,17,19H,4-9H2,1-3H3. The predicted octanol–water partition coefficient (Wildman–Crippen LogP) is 4.68. The van der Waals surface area contributed by atoms with Crippen molar-refractivity contribution < 1.29 is 4.74 Å². The average molecular weight is 340 g/mol. The van der Waals surface area contributed by atoms with E-state index in [0.717, 1.165) is 19.4 Å². The summed E-state index contributed by atoms with van der Waals surface area (Å²) in [4.78, 5) is 0. The quantitative estimate of drug-likeness (QED) is 0.841. The monoisotopic (exact) mass is 339 g/mol. The first kappa shape index (κ1) is 16.0. The summed E-state index contributed by atoms with van der Waals surface area (Å²) in [5.74, 6) is 0. The molecule has 0 aliphatic carbocycles. The second-order valence-electron chi connectivity index (χ2n) is 5.87. The van der Waals surface area contributed by atoms with Crippen molar-refractivity contribution in [1.29, 1.82) is 0 Å². The van der Waals surface area contributed by atoms with Crippen molar-refractivity contribution in [2.45, 2.75) is 58.1 Å². The van der Waals surface area contributed by atoms with Gasteiger partial charge in [-0.05, 0) is 75.8 Å². The van der Waals surface area contributed by atoms with Crippen LogP contribution in [-0.2, 0) is 4.74 Å². The van der Waals surface area contributed by atoms with E-state index in [4.69, 9.17) is 4.74 Å². The Morgan fingerprint density at radius 1 is 1.30 bits per heavy atom. The molecule has 2 unspecified atom stereocenters. The second-order valence-corrected chi connectivity index (χ2v) is 6.72. The van der Waals surface area contributed by atoms with E-state index in [1.54, 1.807) is 0 Å². The van der Waals surface area contributed by atoms with Crippen LogP contribution < -0.4 is 5.32 Å². The van der Waals surface area contributed by atoms with Crippen LogP contribution in [0.4, 0.5) is 0 Å². The van der Waals surface area contributed by atoms with E-state index in [1.165, 1.54) is 40.4 Å². The highest BCUT2D eigenvalue weighted by Crippen LogP contribution is 2.29. The molecule has 1 fully saturated rings. The van der Waals surface area contributed by atoms with Crippen LogP contribution >= 0.6 is 15.9 Å². The minimum atomic E-state index is 0.423. The fraction of sp³-hybridized carbons (Fsp3) is 0.647. The number of rotatable bonds is 5. The van der Waals surface area contributed by atoms with Gasteiger partial charge in [-0.3, -0.25) is 0 Å². The maximum absolute atomic E-state index is 5.85. The topological polar surface area (TPSA) is 21.3 Å². The molecule has 0 amide bonds. The van der Waals surface area contributed by atoms with E-state index in [2.05, 4.69) is 54.3 Å². The largest absolute Gasteiger partial charge is 0.378 e. The maximum Gasteiger partial charge on any atom is 0.0575 e. The lowest BCUT2D eigenvalue weighted by Crippen LogP contribution is -2.23. The van der Waals surface area contributed by atoms with Crippen molar-refractivity contribution in [1.82, 2.24) is 5.32 Å². The van der Waals surface area contributed by atoms with Crippen LogP contribution in [0.2, 0.25) is 0 Å². The smallest absolute Gasteiger partial charge is 0.0575 e. The van der Waals surface area contributed by atoms with Crippen molar-refractivity contribution >= 4 is 15.9 Å². The van der Waals surface area contributed by atoms with E-state index in [1.807, 2.05) is 0 Å². The van der Waals surface area contributed by atoms with E-state index in [-0.39, 0.29) is 0 Å². The zero-order valence-electron chi connectivity index (χ0n) is 12.8. The normalized spacial score (nSPS) is 20.9. The van der Waals surface area contributed by atoms with Gasteiger partial charge in [-0.1, -0.05) is 22.0 Å². The van der Waals surface area contributed by atoms with Crippen LogP contribution in [0, 0.1) is 13.8 Å². The first-order valence-electron chi connectivity index (χ1n) is 7.67. The lowest BCUT2D eigenvalue weighted by molar-refractivity contribution is 0.00865. The molecular formula is C17H26BrNO. The van der Waals surface area contributed by atoms with Gasteiger partial charge in [0.25, 0.3) is 0 Å². The Labute approximate surface area is 131 Å². The lowest BCUT2D eigenvalue weighted by atomic mass is 9.93. The molecule has 1 aromatic rings. The molecule has 1 aromatic carbocycles. The van der Waals surface area contributed by atoms with E-state index >= 15 is 0 Å². The zero-order chi connectivity index (χ0) is 14.5. The molecule has 2 rings (SSSR count). The Balaban J connectivity index is 2.02. The molecule has 112 valence electrons. The van der Waals surface area contributed by atoms with Gasteiger partial charge in [0.05, 0.1) is 6.10 Å². The highest BCUT2D eigenvalue weighted by atomic mass is 79.9. The van der Waals surface area contributed by atoms with Gasteiger partial charge in [0.2, 0.25) is 0 Å². The molecule has 1 N–H and O–H groups in total. The second kappa shape index (κ2) is 7.58. The number of hydrogen-bond donors (Lipinski definition) is 1. The van der Waals surface area contributed by atoms with E-state index < -0.39 is 0 Å². The molecule has 0 spiro atoms. The summed E-state index contributed by atoms with van der Waals surface area (Å²) in [5.41, 5.74) is 4.08. The fourth-order valence-electron chi connectivity index (χ4n) is 3.02. The summed E-state index contributed by atoms with van der Waals surface area (Å²) in [6.07, 6.45) is 6.55. The summed E-state index contributed by atoms with van der Waals surface area (Å²) >= 11 is 3.61. The van der Waals surface area contributed by atoms with Crippen LogP contribution in [-0.4, -0.2) is 19.8 Å². The zero-order valence-corrected chi connectivity index (χ0v) is 14.4. The molecule has 2 atom stereocenters. The first-order valence-corrected chi connectivity index (χ1v) is 8.46. The lowest BCUT2D eigenvalue weighted by Gasteiger charge is -2.26. The van der Waals surface area contributed by atoms with Crippen molar-refractivity contribution in [3.05, 3.63) is 33.3 Å². The predicted molar refractivity (Wildman–Crippen MR) is 88.2 cm³/mol. The molecule has 0 bridgehead atoms.